The predicted octanol–water partition coefficient (Wildman–Crippen LogP) is 2.04. The van der Waals surface area contributed by atoms with E-state index in [9.17, 15) is 14.4 Å². The van der Waals surface area contributed by atoms with E-state index >= 15 is 0 Å². The third kappa shape index (κ3) is 4.41. The van der Waals surface area contributed by atoms with Crippen molar-refractivity contribution in [2.75, 3.05) is 25.2 Å². The monoisotopic (exact) mass is 407 g/mol. The first-order chi connectivity index (χ1) is 13.0. The molecule has 1 aliphatic rings. The van der Waals surface area contributed by atoms with E-state index in [2.05, 4.69) is 4.99 Å². The van der Waals surface area contributed by atoms with E-state index in [1.165, 1.54) is 11.3 Å². The highest BCUT2D eigenvalue weighted by Gasteiger charge is 2.30. The molecule has 27 heavy (non-hydrogen) atoms. The SMILES string of the molecule is CCOc1ccc2c(c1)sc(=NC(=O)CN1C(=O)CCC1=O)n2CCSC. The molecule has 0 aliphatic carbocycles. The van der Waals surface area contributed by atoms with Gasteiger partial charge in [0, 0.05) is 25.1 Å². The topological polar surface area (TPSA) is 81.0 Å². The number of hydrogen-bond acceptors (Lipinski definition) is 6. The molecule has 0 spiro atoms. The van der Waals surface area contributed by atoms with Gasteiger partial charge in [0.15, 0.2) is 4.80 Å². The van der Waals surface area contributed by atoms with Crippen molar-refractivity contribution in [1.82, 2.24) is 9.47 Å². The molecule has 144 valence electrons. The van der Waals surface area contributed by atoms with E-state index in [0.29, 0.717) is 18.0 Å². The van der Waals surface area contributed by atoms with Crippen LogP contribution in [0, 0.1) is 0 Å². The normalized spacial score (nSPS) is 15.2. The molecule has 1 aromatic carbocycles. The highest BCUT2D eigenvalue weighted by molar-refractivity contribution is 7.98. The van der Waals surface area contributed by atoms with Crippen LogP contribution in [-0.4, -0.2) is 52.3 Å². The van der Waals surface area contributed by atoms with Crippen LogP contribution in [0.2, 0.25) is 0 Å². The van der Waals surface area contributed by atoms with Gasteiger partial charge in [0.05, 0.1) is 16.8 Å². The molecule has 0 saturated carbocycles. The second kappa shape index (κ2) is 8.71. The Kier molecular flexibility index (Phi) is 6.33. The molecular formula is C18H21N3O4S2. The number of imide groups is 1. The molecular weight excluding hydrogens is 386 g/mol. The van der Waals surface area contributed by atoms with Gasteiger partial charge in [-0.2, -0.15) is 16.8 Å². The average Bonchev–Trinajstić information content (AvgIpc) is 3.13. The van der Waals surface area contributed by atoms with Gasteiger partial charge in [-0.25, -0.2) is 0 Å². The van der Waals surface area contributed by atoms with Crippen molar-refractivity contribution in [3.8, 4) is 5.75 Å². The van der Waals surface area contributed by atoms with Gasteiger partial charge in [-0.3, -0.25) is 19.3 Å². The van der Waals surface area contributed by atoms with Gasteiger partial charge in [0.2, 0.25) is 11.8 Å². The maximum absolute atomic E-state index is 12.4. The quantitative estimate of drug-likeness (QED) is 0.656. The minimum Gasteiger partial charge on any atom is -0.494 e. The summed E-state index contributed by atoms with van der Waals surface area (Å²) in [6.45, 7) is 2.93. The fraction of sp³-hybridized carbons (Fsp3) is 0.444. The fourth-order valence-corrected chi connectivity index (χ4v) is 4.34. The first kappa shape index (κ1) is 19.6. The third-order valence-electron chi connectivity index (χ3n) is 4.15. The summed E-state index contributed by atoms with van der Waals surface area (Å²) < 4.78 is 8.52. The summed E-state index contributed by atoms with van der Waals surface area (Å²) in [6.07, 6.45) is 2.36. The molecule has 7 nitrogen and oxygen atoms in total. The maximum atomic E-state index is 12.4. The number of carbonyl (C=O) groups is 3. The lowest BCUT2D eigenvalue weighted by Gasteiger charge is -2.10. The Morgan fingerprint density at radius 1 is 1.30 bits per heavy atom. The second-order valence-corrected chi connectivity index (χ2v) is 7.97. The van der Waals surface area contributed by atoms with E-state index in [4.69, 9.17) is 4.74 Å². The molecule has 2 heterocycles. The lowest BCUT2D eigenvalue weighted by Crippen LogP contribution is -2.34. The molecule has 0 radical (unpaired) electrons. The van der Waals surface area contributed by atoms with Crippen LogP contribution in [-0.2, 0) is 20.9 Å². The van der Waals surface area contributed by atoms with Crippen molar-refractivity contribution in [2.45, 2.75) is 26.3 Å². The van der Waals surface area contributed by atoms with Crippen LogP contribution >= 0.6 is 23.1 Å². The lowest BCUT2D eigenvalue weighted by atomic mass is 10.3. The number of aromatic nitrogens is 1. The first-order valence-corrected chi connectivity index (χ1v) is 10.9. The maximum Gasteiger partial charge on any atom is 0.268 e. The van der Waals surface area contributed by atoms with E-state index in [1.807, 2.05) is 35.9 Å². The number of ether oxygens (including phenoxy) is 1. The van der Waals surface area contributed by atoms with Gasteiger partial charge < -0.3 is 9.30 Å². The Morgan fingerprint density at radius 3 is 2.70 bits per heavy atom. The number of fused-ring (bicyclic) bond motifs is 1. The number of carbonyl (C=O) groups excluding carboxylic acids is 3. The van der Waals surface area contributed by atoms with Gasteiger partial charge in [-0.05, 0) is 31.4 Å². The predicted molar refractivity (Wildman–Crippen MR) is 106 cm³/mol. The number of aryl methyl sites for hydroxylation is 1. The minimum absolute atomic E-state index is 0.170. The molecule has 3 rings (SSSR count). The van der Waals surface area contributed by atoms with Crippen molar-refractivity contribution in [1.29, 1.82) is 0 Å². The van der Waals surface area contributed by atoms with Gasteiger partial charge in [0.1, 0.15) is 12.3 Å². The van der Waals surface area contributed by atoms with Crippen molar-refractivity contribution in [2.24, 2.45) is 4.99 Å². The molecule has 3 amide bonds. The number of thiazole rings is 1. The molecule has 0 unspecified atom stereocenters. The van der Waals surface area contributed by atoms with E-state index in [-0.39, 0.29) is 31.2 Å². The molecule has 0 N–H and O–H groups in total. The van der Waals surface area contributed by atoms with Gasteiger partial charge in [-0.1, -0.05) is 11.3 Å². The third-order valence-corrected chi connectivity index (χ3v) is 5.78. The summed E-state index contributed by atoms with van der Waals surface area (Å²) in [5, 5.41) is 0. The molecule has 1 aliphatic heterocycles. The first-order valence-electron chi connectivity index (χ1n) is 8.69. The molecule has 1 aromatic heterocycles. The average molecular weight is 408 g/mol. The van der Waals surface area contributed by atoms with Crippen molar-refractivity contribution < 1.29 is 19.1 Å². The van der Waals surface area contributed by atoms with E-state index < -0.39 is 5.91 Å². The second-order valence-electron chi connectivity index (χ2n) is 5.97. The number of benzene rings is 1. The van der Waals surface area contributed by atoms with Crippen LogP contribution in [0.15, 0.2) is 23.2 Å². The van der Waals surface area contributed by atoms with Crippen LogP contribution < -0.4 is 9.54 Å². The van der Waals surface area contributed by atoms with Gasteiger partial charge >= 0.3 is 0 Å². The van der Waals surface area contributed by atoms with Gasteiger partial charge in [-0.15, -0.1) is 0 Å². The number of hydrogen-bond donors (Lipinski definition) is 0. The van der Waals surface area contributed by atoms with Crippen LogP contribution in [0.5, 0.6) is 5.75 Å². The Hall–Kier alpha value is -2.13. The molecule has 9 heteroatoms. The Balaban J connectivity index is 1.95. The minimum atomic E-state index is -0.493. The van der Waals surface area contributed by atoms with Crippen molar-refractivity contribution in [3.05, 3.63) is 23.0 Å². The molecule has 0 atom stereocenters. The van der Waals surface area contributed by atoms with Crippen molar-refractivity contribution >= 4 is 51.0 Å². The van der Waals surface area contributed by atoms with Crippen LogP contribution in [0.25, 0.3) is 10.2 Å². The summed E-state index contributed by atoms with van der Waals surface area (Å²) in [4.78, 5) is 41.6. The number of likely N-dealkylation sites (tertiary alicyclic amines) is 1. The van der Waals surface area contributed by atoms with Crippen LogP contribution in [0.3, 0.4) is 0 Å². The fourth-order valence-electron chi connectivity index (χ4n) is 2.87. The summed E-state index contributed by atoms with van der Waals surface area (Å²) >= 11 is 3.11. The van der Waals surface area contributed by atoms with Gasteiger partial charge in [0.25, 0.3) is 5.91 Å². The number of rotatable bonds is 7. The standard InChI is InChI=1S/C18H21N3O4S2/c1-3-25-12-4-5-13-14(10-12)27-18(20(13)8-9-26-2)19-15(22)11-21-16(23)6-7-17(21)24/h4-5,10H,3,6-9,11H2,1-2H3. The zero-order valence-corrected chi connectivity index (χ0v) is 16.9. The highest BCUT2D eigenvalue weighted by atomic mass is 32.2. The number of nitrogens with zero attached hydrogens (tertiary/aromatic N) is 3. The van der Waals surface area contributed by atoms with E-state index in [1.54, 1.807) is 11.8 Å². The Labute approximate surface area is 165 Å². The molecule has 2 aromatic rings. The zero-order valence-electron chi connectivity index (χ0n) is 15.3. The Morgan fingerprint density at radius 2 is 2.04 bits per heavy atom. The molecule has 1 fully saturated rings. The van der Waals surface area contributed by atoms with Crippen LogP contribution in [0.1, 0.15) is 19.8 Å². The lowest BCUT2D eigenvalue weighted by molar-refractivity contribution is -0.141. The number of thioether (sulfide) groups is 1. The molecule has 0 bridgehead atoms. The summed E-state index contributed by atoms with van der Waals surface area (Å²) in [6, 6.07) is 5.81. The summed E-state index contributed by atoms with van der Waals surface area (Å²) in [5.41, 5.74) is 0.984. The highest BCUT2D eigenvalue weighted by Crippen LogP contribution is 2.23. The van der Waals surface area contributed by atoms with Crippen molar-refractivity contribution in [3.63, 3.8) is 0 Å². The molecule has 1 saturated heterocycles. The smallest absolute Gasteiger partial charge is 0.268 e. The largest absolute Gasteiger partial charge is 0.494 e. The van der Waals surface area contributed by atoms with E-state index in [0.717, 1.165) is 26.6 Å². The summed E-state index contributed by atoms with van der Waals surface area (Å²) in [7, 11) is 0. The zero-order chi connectivity index (χ0) is 19.4. The Bertz CT molecular complexity index is 932. The van der Waals surface area contributed by atoms with Crippen LogP contribution in [0.4, 0.5) is 0 Å². The number of amides is 3. The summed E-state index contributed by atoms with van der Waals surface area (Å²) in [5.74, 6) is 0.541.